The van der Waals surface area contributed by atoms with Crippen molar-refractivity contribution in [2.45, 2.75) is 31.9 Å². The number of allylic oxidation sites excluding steroid dienone is 1. The van der Waals surface area contributed by atoms with Crippen molar-refractivity contribution < 1.29 is 9.47 Å². The van der Waals surface area contributed by atoms with Crippen LogP contribution in [0.3, 0.4) is 0 Å². The van der Waals surface area contributed by atoms with Gasteiger partial charge in [0.2, 0.25) is 0 Å². The molecule has 0 radical (unpaired) electrons. The normalized spacial score (nSPS) is 18.7. The second-order valence-electron chi connectivity index (χ2n) is 4.33. The largest absolute Gasteiger partial charge is 0.493 e. The van der Waals surface area contributed by atoms with Gasteiger partial charge in [0, 0.05) is 6.54 Å². The summed E-state index contributed by atoms with van der Waals surface area (Å²) in [5, 5.41) is 0. The standard InChI is InChI=1S/C14H18BrNO2/c1-17-13-8-10(9-16)7-12(15)14(13)18-11-5-3-2-4-6-11/h3,5,7-8,11H,2,4,6,9,16H2,1H3. The Morgan fingerprint density at radius 1 is 1.44 bits per heavy atom. The van der Waals surface area contributed by atoms with Gasteiger partial charge in [-0.2, -0.15) is 0 Å². The van der Waals surface area contributed by atoms with Crippen molar-refractivity contribution in [3.8, 4) is 11.5 Å². The van der Waals surface area contributed by atoms with E-state index in [0.717, 1.165) is 34.4 Å². The van der Waals surface area contributed by atoms with E-state index >= 15 is 0 Å². The van der Waals surface area contributed by atoms with Gasteiger partial charge in [-0.1, -0.05) is 6.08 Å². The molecule has 2 rings (SSSR count). The lowest BCUT2D eigenvalue weighted by molar-refractivity contribution is 0.218. The molecule has 1 aliphatic rings. The highest BCUT2D eigenvalue weighted by Crippen LogP contribution is 2.38. The summed E-state index contributed by atoms with van der Waals surface area (Å²) in [6.07, 6.45) is 7.78. The molecule has 0 aliphatic heterocycles. The first-order chi connectivity index (χ1) is 8.74. The molecule has 0 amide bonds. The average Bonchev–Trinajstić information content (AvgIpc) is 2.42. The molecule has 0 saturated carbocycles. The van der Waals surface area contributed by atoms with Gasteiger partial charge in [0.15, 0.2) is 11.5 Å². The molecular weight excluding hydrogens is 294 g/mol. The van der Waals surface area contributed by atoms with E-state index < -0.39 is 0 Å². The van der Waals surface area contributed by atoms with Gasteiger partial charge in [0.1, 0.15) is 6.10 Å². The van der Waals surface area contributed by atoms with Crippen LogP contribution in [-0.4, -0.2) is 13.2 Å². The van der Waals surface area contributed by atoms with Gasteiger partial charge in [-0.15, -0.1) is 0 Å². The van der Waals surface area contributed by atoms with E-state index in [2.05, 4.69) is 28.1 Å². The second kappa shape index (κ2) is 6.25. The van der Waals surface area contributed by atoms with Crippen LogP contribution in [0.25, 0.3) is 0 Å². The summed E-state index contributed by atoms with van der Waals surface area (Å²) < 4.78 is 12.3. The fourth-order valence-corrected chi connectivity index (χ4v) is 2.62. The minimum atomic E-state index is 0.132. The van der Waals surface area contributed by atoms with Crippen LogP contribution in [0.1, 0.15) is 24.8 Å². The van der Waals surface area contributed by atoms with Gasteiger partial charge in [-0.05, 0) is 59.0 Å². The quantitative estimate of drug-likeness (QED) is 0.867. The molecule has 2 N–H and O–H groups in total. The van der Waals surface area contributed by atoms with Crippen LogP contribution >= 0.6 is 15.9 Å². The summed E-state index contributed by atoms with van der Waals surface area (Å²) in [6, 6.07) is 3.90. The van der Waals surface area contributed by atoms with Crippen LogP contribution in [0, 0.1) is 0 Å². The molecule has 3 nitrogen and oxygen atoms in total. The van der Waals surface area contributed by atoms with E-state index in [4.69, 9.17) is 15.2 Å². The molecule has 0 aromatic heterocycles. The van der Waals surface area contributed by atoms with Gasteiger partial charge in [0.05, 0.1) is 11.6 Å². The van der Waals surface area contributed by atoms with Crippen LogP contribution in [0.2, 0.25) is 0 Å². The molecule has 98 valence electrons. The smallest absolute Gasteiger partial charge is 0.176 e. The molecule has 0 bridgehead atoms. The summed E-state index contributed by atoms with van der Waals surface area (Å²) in [4.78, 5) is 0. The third kappa shape index (κ3) is 3.06. The van der Waals surface area contributed by atoms with Gasteiger partial charge < -0.3 is 15.2 Å². The number of methoxy groups -OCH3 is 1. The molecule has 4 heteroatoms. The highest BCUT2D eigenvalue weighted by atomic mass is 79.9. The number of halogens is 1. The fraction of sp³-hybridized carbons (Fsp3) is 0.429. The highest BCUT2D eigenvalue weighted by Gasteiger charge is 2.16. The van der Waals surface area contributed by atoms with Gasteiger partial charge in [0.25, 0.3) is 0 Å². The Kier molecular flexibility index (Phi) is 4.66. The first kappa shape index (κ1) is 13.4. The van der Waals surface area contributed by atoms with E-state index in [1.807, 2.05) is 12.1 Å². The molecule has 1 atom stereocenters. The van der Waals surface area contributed by atoms with E-state index in [1.165, 1.54) is 6.42 Å². The van der Waals surface area contributed by atoms with Crippen molar-refractivity contribution in [1.29, 1.82) is 0 Å². The second-order valence-corrected chi connectivity index (χ2v) is 5.18. The summed E-state index contributed by atoms with van der Waals surface area (Å²) in [7, 11) is 1.64. The maximum absolute atomic E-state index is 6.01. The maximum atomic E-state index is 6.01. The molecule has 0 heterocycles. The lowest BCUT2D eigenvalue weighted by Crippen LogP contribution is -2.16. The topological polar surface area (TPSA) is 44.5 Å². The van der Waals surface area contributed by atoms with Crippen molar-refractivity contribution in [2.75, 3.05) is 7.11 Å². The van der Waals surface area contributed by atoms with E-state index in [1.54, 1.807) is 7.11 Å². The van der Waals surface area contributed by atoms with E-state index in [0.29, 0.717) is 6.54 Å². The molecular formula is C14H18BrNO2. The number of hydrogen-bond donors (Lipinski definition) is 1. The van der Waals surface area contributed by atoms with Crippen LogP contribution in [0.15, 0.2) is 28.8 Å². The third-order valence-electron chi connectivity index (χ3n) is 3.00. The van der Waals surface area contributed by atoms with Gasteiger partial charge in [-0.3, -0.25) is 0 Å². The Bertz CT molecular complexity index is 446. The van der Waals surface area contributed by atoms with Crippen LogP contribution in [0.4, 0.5) is 0 Å². The Morgan fingerprint density at radius 2 is 2.28 bits per heavy atom. The number of rotatable bonds is 4. The predicted molar refractivity (Wildman–Crippen MR) is 76.0 cm³/mol. The SMILES string of the molecule is COc1cc(CN)cc(Br)c1OC1C=CCCC1. The Balaban J connectivity index is 2.25. The summed E-state index contributed by atoms with van der Waals surface area (Å²) in [5.41, 5.74) is 6.67. The number of nitrogens with two attached hydrogens (primary N) is 1. The molecule has 0 fully saturated rings. The summed E-state index contributed by atoms with van der Waals surface area (Å²) >= 11 is 3.52. The number of benzene rings is 1. The Hall–Kier alpha value is -1.00. The lowest BCUT2D eigenvalue weighted by Gasteiger charge is -2.21. The first-order valence-corrected chi connectivity index (χ1v) is 6.93. The molecule has 1 aromatic rings. The van der Waals surface area contributed by atoms with Gasteiger partial charge >= 0.3 is 0 Å². The van der Waals surface area contributed by atoms with Crippen molar-refractivity contribution >= 4 is 15.9 Å². The maximum Gasteiger partial charge on any atom is 0.176 e. The van der Waals surface area contributed by atoms with Crippen LogP contribution in [0.5, 0.6) is 11.5 Å². The first-order valence-electron chi connectivity index (χ1n) is 6.14. The van der Waals surface area contributed by atoms with Crippen molar-refractivity contribution in [3.63, 3.8) is 0 Å². The molecule has 1 unspecified atom stereocenters. The Morgan fingerprint density at radius 3 is 2.89 bits per heavy atom. The van der Waals surface area contributed by atoms with Crippen LogP contribution < -0.4 is 15.2 Å². The summed E-state index contributed by atoms with van der Waals surface area (Å²) in [6.45, 7) is 0.485. The summed E-state index contributed by atoms with van der Waals surface area (Å²) in [5.74, 6) is 1.48. The zero-order valence-electron chi connectivity index (χ0n) is 10.5. The third-order valence-corrected chi connectivity index (χ3v) is 3.59. The predicted octanol–water partition coefficient (Wildman–Crippen LogP) is 3.40. The fourth-order valence-electron chi connectivity index (χ4n) is 2.04. The van der Waals surface area contributed by atoms with Gasteiger partial charge in [-0.25, -0.2) is 0 Å². The molecule has 18 heavy (non-hydrogen) atoms. The van der Waals surface area contributed by atoms with E-state index in [9.17, 15) is 0 Å². The molecule has 0 spiro atoms. The zero-order chi connectivity index (χ0) is 13.0. The molecule has 0 saturated heterocycles. The molecule has 1 aromatic carbocycles. The van der Waals surface area contributed by atoms with Crippen molar-refractivity contribution in [1.82, 2.24) is 0 Å². The zero-order valence-corrected chi connectivity index (χ0v) is 12.1. The number of ether oxygens (including phenoxy) is 2. The van der Waals surface area contributed by atoms with Crippen molar-refractivity contribution in [3.05, 3.63) is 34.3 Å². The Labute approximate surface area is 116 Å². The van der Waals surface area contributed by atoms with Crippen molar-refractivity contribution in [2.24, 2.45) is 5.73 Å². The minimum absolute atomic E-state index is 0.132. The minimum Gasteiger partial charge on any atom is -0.493 e. The molecule has 1 aliphatic carbocycles. The van der Waals surface area contributed by atoms with Crippen LogP contribution in [-0.2, 0) is 6.54 Å². The number of hydrogen-bond acceptors (Lipinski definition) is 3. The highest BCUT2D eigenvalue weighted by molar-refractivity contribution is 9.10. The monoisotopic (exact) mass is 311 g/mol. The van der Waals surface area contributed by atoms with E-state index in [-0.39, 0.29) is 6.10 Å². The lowest BCUT2D eigenvalue weighted by atomic mass is 10.1. The average molecular weight is 312 g/mol.